The van der Waals surface area contributed by atoms with E-state index in [2.05, 4.69) is 31.3 Å². The zero-order valence-electron chi connectivity index (χ0n) is 46.6. The molecule has 0 radical (unpaired) electrons. The first kappa shape index (κ1) is 67.3. The van der Waals surface area contributed by atoms with Crippen LogP contribution in [0.1, 0.15) is 341 Å². The molecule has 0 aromatic rings. The third-order valence-corrected chi connectivity index (χ3v) is 14.5. The highest BCUT2D eigenvalue weighted by atomic mass is 16.5. The van der Waals surface area contributed by atoms with Crippen LogP contribution in [0.15, 0.2) is 24.3 Å². The fourth-order valence-electron chi connectivity index (χ4n) is 9.69. The topological polar surface area (TPSA) is 95.9 Å². The van der Waals surface area contributed by atoms with Crippen molar-refractivity contribution >= 4 is 11.9 Å². The van der Waals surface area contributed by atoms with E-state index in [1.165, 1.54) is 244 Å². The molecule has 408 valence electrons. The van der Waals surface area contributed by atoms with Crippen molar-refractivity contribution in [1.29, 1.82) is 0 Å². The van der Waals surface area contributed by atoms with Crippen LogP contribution in [-0.2, 0) is 14.3 Å². The third-order valence-electron chi connectivity index (χ3n) is 14.5. The van der Waals surface area contributed by atoms with Crippen molar-refractivity contribution in [3.05, 3.63) is 24.3 Å². The van der Waals surface area contributed by atoms with Gasteiger partial charge >= 0.3 is 5.97 Å². The van der Waals surface area contributed by atoms with E-state index >= 15 is 0 Å². The van der Waals surface area contributed by atoms with Crippen LogP contribution in [0, 0.1) is 0 Å². The van der Waals surface area contributed by atoms with Gasteiger partial charge in [-0.25, -0.2) is 0 Å². The number of carbonyl (C=O) groups excluding carboxylic acids is 2. The fourth-order valence-corrected chi connectivity index (χ4v) is 9.69. The summed E-state index contributed by atoms with van der Waals surface area (Å²) in [4.78, 5) is 24.6. The van der Waals surface area contributed by atoms with E-state index in [4.69, 9.17) is 4.74 Å². The zero-order chi connectivity index (χ0) is 50.0. The van der Waals surface area contributed by atoms with E-state index in [1.807, 2.05) is 6.08 Å². The molecule has 0 aliphatic carbocycles. The summed E-state index contributed by atoms with van der Waals surface area (Å²) in [7, 11) is 0. The van der Waals surface area contributed by atoms with Gasteiger partial charge in [0, 0.05) is 12.8 Å². The molecular weight excluding hydrogens is 851 g/mol. The molecule has 0 aromatic carbocycles. The van der Waals surface area contributed by atoms with Crippen LogP contribution in [0.25, 0.3) is 0 Å². The molecule has 0 bridgehead atoms. The second-order valence-electron chi connectivity index (χ2n) is 21.4. The minimum Gasteiger partial charge on any atom is -0.466 e. The van der Waals surface area contributed by atoms with Gasteiger partial charge in [0.15, 0.2) is 0 Å². The lowest BCUT2D eigenvalue weighted by Crippen LogP contribution is -2.45. The van der Waals surface area contributed by atoms with Crippen molar-refractivity contribution in [2.45, 2.75) is 353 Å². The van der Waals surface area contributed by atoms with Gasteiger partial charge in [0.1, 0.15) is 0 Å². The molecule has 6 nitrogen and oxygen atoms in total. The summed E-state index contributed by atoms with van der Waals surface area (Å²) in [5, 5.41) is 23.2. The number of aliphatic hydroxyl groups excluding tert-OH is 2. The molecular formula is C63H121NO5. The summed E-state index contributed by atoms with van der Waals surface area (Å²) < 4.78 is 5.48. The number of unbranched alkanes of at least 4 members (excludes halogenated alkanes) is 45. The van der Waals surface area contributed by atoms with Gasteiger partial charge in [-0.2, -0.15) is 0 Å². The molecule has 0 aliphatic rings. The minimum atomic E-state index is -0.862. The summed E-state index contributed by atoms with van der Waals surface area (Å²) in [6.45, 7) is 4.89. The average molecular weight is 973 g/mol. The van der Waals surface area contributed by atoms with Gasteiger partial charge in [0.2, 0.25) is 5.91 Å². The first-order chi connectivity index (χ1) is 34.0. The predicted molar refractivity (Wildman–Crippen MR) is 301 cm³/mol. The van der Waals surface area contributed by atoms with Crippen LogP contribution in [-0.4, -0.2) is 47.4 Å². The Kier molecular flexibility index (Phi) is 57.5. The normalized spacial score (nSPS) is 12.7. The number of amides is 1. The highest BCUT2D eigenvalue weighted by molar-refractivity contribution is 5.76. The first-order valence-electron chi connectivity index (χ1n) is 31.1. The number of esters is 1. The highest BCUT2D eigenvalue weighted by Gasteiger charge is 2.18. The van der Waals surface area contributed by atoms with E-state index in [1.54, 1.807) is 6.08 Å². The molecule has 1 amide bonds. The second kappa shape index (κ2) is 58.9. The maximum atomic E-state index is 12.5. The Hall–Kier alpha value is -1.66. The van der Waals surface area contributed by atoms with Crippen molar-refractivity contribution in [3.63, 3.8) is 0 Å². The third kappa shape index (κ3) is 55.5. The number of ether oxygens (including phenoxy) is 1. The minimum absolute atomic E-state index is 0.00860. The maximum Gasteiger partial charge on any atom is 0.305 e. The highest BCUT2D eigenvalue weighted by Crippen LogP contribution is 2.18. The molecule has 0 spiro atoms. The summed E-state index contributed by atoms with van der Waals surface area (Å²) in [5.41, 5.74) is 0. The number of allylic oxidation sites excluding steroid dienone is 3. The van der Waals surface area contributed by atoms with E-state index in [-0.39, 0.29) is 18.5 Å². The van der Waals surface area contributed by atoms with Gasteiger partial charge in [0.25, 0.3) is 0 Å². The molecule has 69 heavy (non-hydrogen) atoms. The zero-order valence-corrected chi connectivity index (χ0v) is 46.6. The Morgan fingerprint density at radius 1 is 0.391 bits per heavy atom. The molecule has 0 saturated carbocycles. The Morgan fingerprint density at radius 3 is 1.04 bits per heavy atom. The summed E-state index contributed by atoms with van der Waals surface area (Å²) in [6.07, 6.45) is 72.1. The Labute approximate surface area is 431 Å². The number of hydrogen-bond acceptors (Lipinski definition) is 5. The maximum absolute atomic E-state index is 12.5. The van der Waals surface area contributed by atoms with E-state index < -0.39 is 12.1 Å². The van der Waals surface area contributed by atoms with Gasteiger partial charge in [-0.1, -0.05) is 295 Å². The number of carbonyl (C=O) groups is 2. The lowest BCUT2D eigenvalue weighted by Gasteiger charge is -2.19. The van der Waals surface area contributed by atoms with Gasteiger partial charge < -0.3 is 20.3 Å². The Morgan fingerprint density at radius 2 is 0.681 bits per heavy atom. The van der Waals surface area contributed by atoms with Crippen molar-refractivity contribution in [1.82, 2.24) is 5.32 Å². The van der Waals surface area contributed by atoms with E-state index in [0.717, 1.165) is 70.6 Å². The quantitative estimate of drug-likeness (QED) is 0.0321. The number of hydrogen-bond donors (Lipinski definition) is 3. The van der Waals surface area contributed by atoms with Crippen molar-refractivity contribution in [2.75, 3.05) is 13.2 Å². The van der Waals surface area contributed by atoms with Crippen LogP contribution < -0.4 is 5.32 Å². The van der Waals surface area contributed by atoms with Gasteiger partial charge in [-0.15, -0.1) is 0 Å². The summed E-state index contributed by atoms with van der Waals surface area (Å²) in [6, 6.07) is -0.648. The van der Waals surface area contributed by atoms with Crippen molar-refractivity contribution in [2.24, 2.45) is 0 Å². The molecule has 3 N–H and O–H groups in total. The molecule has 0 fully saturated rings. The second-order valence-corrected chi connectivity index (χ2v) is 21.4. The van der Waals surface area contributed by atoms with Crippen LogP contribution in [0.5, 0.6) is 0 Å². The van der Waals surface area contributed by atoms with Crippen LogP contribution >= 0.6 is 0 Å². The van der Waals surface area contributed by atoms with Crippen molar-refractivity contribution < 1.29 is 24.5 Å². The molecule has 0 aliphatic heterocycles. The summed E-state index contributed by atoms with van der Waals surface area (Å²) >= 11 is 0. The van der Waals surface area contributed by atoms with Gasteiger partial charge in [-0.3, -0.25) is 9.59 Å². The molecule has 0 heterocycles. The van der Waals surface area contributed by atoms with Crippen molar-refractivity contribution in [3.8, 4) is 0 Å². The number of rotatable bonds is 58. The molecule has 0 saturated heterocycles. The van der Waals surface area contributed by atoms with Gasteiger partial charge in [-0.05, 0) is 57.8 Å². The summed E-state index contributed by atoms with van der Waals surface area (Å²) in [5.74, 6) is -0.103. The van der Waals surface area contributed by atoms with E-state index in [0.29, 0.717) is 19.4 Å². The monoisotopic (exact) mass is 972 g/mol. The van der Waals surface area contributed by atoms with Crippen LogP contribution in [0.3, 0.4) is 0 Å². The van der Waals surface area contributed by atoms with Crippen LogP contribution in [0.4, 0.5) is 0 Å². The Balaban J connectivity index is 3.49. The number of nitrogens with one attached hydrogen (secondary N) is 1. The molecule has 6 heteroatoms. The van der Waals surface area contributed by atoms with E-state index in [9.17, 15) is 19.8 Å². The SMILES string of the molecule is CCCCCCCCCCCCCCCCCCCC/C=C/C(O)C(CO)NC(=O)CCCCC/C=C\CCCCCCCCOC(=O)CCCCCCCCCCCCCCCCCCCCC. The van der Waals surface area contributed by atoms with Gasteiger partial charge in [0.05, 0.1) is 25.4 Å². The standard InChI is InChI=1S/C63H121NO5/c1-3-5-7-9-11-13-15-17-19-21-23-25-26-28-31-35-39-43-47-51-55-61(66)60(59-65)64-62(67)56-52-48-44-40-36-32-30-34-38-42-46-50-54-58-69-63(68)57-53-49-45-41-37-33-29-27-24-22-20-18-16-14-12-10-8-6-4-2/h32,36,51,55,60-61,65-66H,3-31,33-35,37-50,52-54,56-59H2,1-2H3,(H,64,67)/b36-32-,55-51+. The largest absolute Gasteiger partial charge is 0.466 e. The lowest BCUT2D eigenvalue weighted by atomic mass is 10.0. The molecule has 0 aromatic heterocycles. The smallest absolute Gasteiger partial charge is 0.305 e. The molecule has 0 rings (SSSR count). The number of aliphatic hydroxyl groups is 2. The first-order valence-corrected chi connectivity index (χ1v) is 31.1. The molecule has 2 atom stereocenters. The lowest BCUT2D eigenvalue weighted by molar-refractivity contribution is -0.143. The fraction of sp³-hybridized carbons (Fsp3) is 0.905. The predicted octanol–water partition coefficient (Wildman–Crippen LogP) is 19.4. The Bertz CT molecular complexity index is 1080. The molecule has 2 unspecified atom stereocenters. The van der Waals surface area contributed by atoms with Crippen LogP contribution in [0.2, 0.25) is 0 Å². The average Bonchev–Trinajstić information content (AvgIpc) is 3.35.